The molecule has 1 saturated carbocycles. The molecular weight excluding hydrogens is 302 g/mol. The first kappa shape index (κ1) is 15.4. The standard InChI is InChI=1S/C19H23N3O2/c23-14-10-13(11-14)17(12-6-2-1-3-7-12)20-19(24)18-15-8-4-5-9-16(15)21-22-18/h1-3,6-7,13-14,17,23H,4-5,8-11H2,(H,20,24)(H,21,22). The Morgan fingerprint density at radius 1 is 1.21 bits per heavy atom. The van der Waals surface area contributed by atoms with E-state index < -0.39 is 0 Å². The first-order valence-electron chi connectivity index (χ1n) is 8.82. The minimum Gasteiger partial charge on any atom is -0.393 e. The molecule has 2 aliphatic rings. The van der Waals surface area contributed by atoms with Crippen LogP contribution in [0.3, 0.4) is 0 Å². The van der Waals surface area contributed by atoms with Crippen LogP contribution >= 0.6 is 0 Å². The Morgan fingerprint density at radius 3 is 2.71 bits per heavy atom. The molecule has 1 amide bonds. The lowest BCUT2D eigenvalue weighted by molar-refractivity contribution is 0.0234. The maximum absolute atomic E-state index is 12.8. The number of benzene rings is 1. The highest BCUT2D eigenvalue weighted by Gasteiger charge is 2.36. The molecule has 2 aromatic rings. The molecule has 0 spiro atoms. The molecule has 24 heavy (non-hydrogen) atoms. The summed E-state index contributed by atoms with van der Waals surface area (Å²) in [6.45, 7) is 0. The van der Waals surface area contributed by atoms with Crippen molar-refractivity contribution in [2.45, 2.75) is 50.7 Å². The summed E-state index contributed by atoms with van der Waals surface area (Å²) in [6, 6.07) is 9.95. The van der Waals surface area contributed by atoms with Crippen LogP contribution in [0.4, 0.5) is 0 Å². The Labute approximate surface area is 141 Å². The van der Waals surface area contributed by atoms with Crippen molar-refractivity contribution in [1.29, 1.82) is 0 Å². The van der Waals surface area contributed by atoms with Gasteiger partial charge in [0.15, 0.2) is 5.69 Å². The number of hydrogen-bond donors (Lipinski definition) is 3. The van der Waals surface area contributed by atoms with Crippen LogP contribution in [0.2, 0.25) is 0 Å². The van der Waals surface area contributed by atoms with Gasteiger partial charge in [-0.05, 0) is 50.0 Å². The van der Waals surface area contributed by atoms with E-state index in [1.807, 2.05) is 30.3 Å². The van der Waals surface area contributed by atoms with Gasteiger partial charge in [0.1, 0.15) is 0 Å². The molecular formula is C19H23N3O2. The van der Waals surface area contributed by atoms with E-state index in [2.05, 4.69) is 15.5 Å². The fourth-order valence-electron chi connectivity index (χ4n) is 3.91. The number of amides is 1. The van der Waals surface area contributed by atoms with Gasteiger partial charge < -0.3 is 10.4 Å². The molecule has 1 heterocycles. The van der Waals surface area contributed by atoms with E-state index in [4.69, 9.17) is 0 Å². The third-order valence-electron chi connectivity index (χ3n) is 5.34. The highest BCUT2D eigenvalue weighted by molar-refractivity contribution is 5.94. The number of aliphatic hydroxyl groups excluding tert-OH is 1. The number of carbonyl (C=O) groups excluding carboxylic acids is 1. The number of nitrogens with zero attached hydrogens (tertiary/aromatic N) is 1. The smallest absolute Gasteiger partial charge is 0.272 e. The number of rotatable bonds is 4. The average Bonchev–Trinajstić information content (AvgIpc) is 3.02. The van der Waals surface area contributed by atoms with Gasteiger partial charge in [0.25, 0.3) is 5.91 Å². The quantitative estimate of drug-likeness (QED) is 0.808. The summed E-state index contributed by atoms with van der Waals surface area (Å²) in [7, 11) is 0. The number of hydrogen-bond acceptors (Lipinski definition) is 3. The summed E-state index contributed by atoms with van der Waals surface area (Å²) >= 11 is 0. The Kier molecular flexibility index (Phi) is 4.10. The molecule has 3 N–H and O–H groups in total. The predicted molar refractivity (Wildman–Crippen MR) is 90.6 cm³/mol. The van der Waals surface area contributed by atoms with Crippen molar-refractivity contribution < 1.29 is 9.90 Å². The third-order valence-corrected chi connectivity index (χ3v) is 5.34. The Morgan fingerprint density at radius 2 is 1.96 bits per heavy atom. The summed E-state index contributed by atoms with van der Waals surface area (Å²) < 4.78 is 0. The number of fused-ring (bicyclic) bond motifs is 1. The monoisotopic (exact) mass is 325 g/mol. The second kappa shape index (κ2) is 6.40. The van der Waals surface area contributed by atoms with E-state index >= 15 is 0 Å². The molecule has 1 fully saturated rings. The van der Waals surface area contributed by atoms with Crippen LogP contribution in [0, 0.1) is 5.92 Å². The van der Waals surface area contributed by atoms with Gasteiger partial charge in [-0.1, -0.05) is 30.3 Å². The van der Waals surface area contributed by atoms with E-state index in [9.17, 15) is 9.90 Å². The number of aryl methyl sites for hydroxylation is 1. The molecule has 2 aliphatic carbocycles. The van der Waals surface area contributed by atoms with Crippen LogP contribution < -0.4 is 5.32 Å². The average molecular weight is 325 g/mol. The van der Waals surface area contributed by atoms with E-state index in [-0.39, 0.29) is 24.0 Å². The predicted octanol–water partition coefficient (Wildman–Crippen LogP) is 2.53. The second-order valence-corrected chi connectivity index (χ2v) is 6.98. The molecule has 0 radical (unpaired) electrons. The van der Waals surface area contributed by atoms with Crippen LogP contribution in [0.1, 0.15) is 59.0 Å². The first-order chi connectivity index (χ1) is 11.7. The number of aromatic amines is 1. The van der Waals surface area contributed by atoms with Crippen molar-refractivity contribution >= 4 is 5.91 Å². The zero-order valence-corrected chi connectivity index (χ0v) is 13.7. The summed E-state index contributed by atoms with van der Waals surface area (Å²) in [4.78, 5) is 12.8. The fraction of sp³-hybridized carbons (Fsp3) is 0.474. The normalized spacial score (nSPS) is 23.9. The van der Waals surface area contributed by atoms with Crippen LogP contribution in [0.15, 0.2) is 30.3 Å². The first-order valence-corrected chi connectivity index (χ1v) is 8.82. The molecule has 1 atom stereocenters. The van der Waals surface area contributed by atoms with Gasteiger partial charge in [-0.3, -0.25) is 9.89 Å². The Bertz CT molecular complexity index is 719. The highest BCUT2D eigenvalue weighted by atomic mass is 16.3. The van der Waals surface area contributed by atoms with Gasteiger partial charge in [0.2, 0.25) is 0 Å². The third kappa shape index (κ3) is 2.84. The summed E-state index contributed by atoms with van der Waals surface area (Å²) in [6.07, 6.45) is 5.40. The van der Waals surface area contributed by atoms with Crippen LogP contribution in [0.25, 0.3) is 0 Å². The van der Waals surface area contributed by atoms with E-state index in [0.29, 0.717) is 5.69 Å². The molecule has 5 nitrogen and oxygen atoms in total. The minimum atomic E-state index is -0.240. The maximum atomic E-state index is 12.8. The van der Waals surface area contributed by atoms with Gasteiger partial charge >= 0.3 is 0 Å². The van der Waals surface area contributed by atoms with Gasteiger partial charge in [0.05, 0.1) is 12.1 Å². The van der Waals surface area contributed by atoms with Crippen LogP contribution in [-0.4, -0.2) is 27.3 Å². The fourth-order valence-corrected chi connectivity index (χ4v) is 3.91. The molecule has 0 saturated heterocycles. The van der Waals surface area contributed by atoms with E-state index in [1.165, 1.54) is 0 Å². The second-order valence-electron chi connectivity index (χ2n) is 6.98. The lowest BCUT2D eigenvalue weighted by Gasteiger charge is -2.38. The topological polar surface area (TPSA) is 78.0 Å². The number of aliphatic hydroxyl groups is 1. The SMILES string of the molecule is O=C(NC(c1ccccc1)C1CC(O)C1)c1n[nH]c2c1CCCC2. The molecule has 4 rings (SSSR count). The van der Waals surface area contributed by atoms with Crippen molar-refractivity contribution in [2.24, 2.45) is 5.92 Å². The van der Waals surface area contributed by atoms with Crippen molar-refractivity contribution in [3.8, 4) is 0 Å². The molecule has 126 valence electrons. The number of nitrogens with one attached hydrogen (secondary N) is 2. The van der Waals surface area contributed by atoms with E-state index in [1.54, 1.807) is 0 Å². The van der Waals surface area contributed by atoms with Gasteiger partial charge in [-0.25, -0.2) is 0 Å². The largest absolute Gasteiger partial charge is 0.393 e. The maximum Gasteiger partial charge on any atom is 0.272 e. The van der Waals surface area contributed by atoms with Gasteiger partial charge in [0, 0.05) is 11.3 Å². The number of aromatic nitrogens is 2. The summed E-state index contributed by atoms with van der Waals surface area (Å²) in [5, 5.41) is 20.1. The molecule has 0 aliphatic heterocycles. The number of carbonyl (C=O) groups is 1. The van der Waals surface area contributed by atoms with Crippen molar-refractivity contribution in [2.75, 3.05) is 0 Å². The molecule has 1 aromatic carbocycles. The summed E-state index contributed by atoms with van der Waals surface area (Å²) in [5.41, 5.74) is 3.83. The zero-order chi connectivity index (χ0) is 16.5. The lowest BCUT2D eigenvalue weighted by atomic mass is 9.75. The van der Waals surface area contributed by atoms with Gasteiger partial charge in [-0.2, -0.15) is 5.10 Å². The zero-order valence-electron chi connectivity index (χ0n) is 13.7. The minimum absolute atomic E-state index is 0.0713. The Hall–Kier alpha value is -2.14. The highest BCUT2D eigenvalue weighted by Crippen LogP contribution is 2.38. The van der Waals surface area contributed by atoms with Crippen LogP contribution in [-0.2, 0) is 12.8 Å². The van der Waals surface area contributed by atoms with E-state index in [0.717, 1.165) is 55.3 Å². The Balaban J connectivity index is 1.56. The number of H-pyrrole nitrogens is 1. The van der Waals surface area contributed by atoms with Crippen molar-refractivity contribution in [3.63, 3.8) is 0 Å². The molecule has 5 heteroatoms. The van der Waals surface area contributed by atoms with Gasteiger partial charge in [-0.15, -0.1) is 0 Å². The van der Waals surface area contributed by atoms with Crippen molar-refractivity contribution in [3.05, 3.63) is 52.8 Å². The molecule has 1 unspecified atom stereocenters. The lowest BCUT2D eigenvalue weighted by Crippen LogP contribution is -2.41. The molecule has 1 aromatic heterocycles. The van der Waals surface area contributed by atoms with Crippen LogP contribution in [0.5, 0.6) is 0 Å². The van der Waals surface area contributed by atoms with Crippen molar-refractivity contribution in [1.82, 2.24) is 15.5 Å². The molecule has 0 bridgehead atoms. The summed E-state index contributed by atoms with van der Waals surface area (Å²) in [5.74, 6) is 0.172.